The number of amides is 2. The van der Waals surface area contributed by atoms with Crippen LogP contribution in [0.5, 0.6) is 0 Å². The highest BCUT2D eigenvalue weighted by atomic mass is 32.1. The first-order valence-electron chi connectivity index (χ1n) is 7.30. The van der Waals surface area contributed by atoms with Crippen molar-refractivity contribution in [3.8, 4) is 0 Å². The highest BCUT2D eigenvalue weighted by Gasteiger charge is 2.18. The Hall–Kier alpha value is -2.22. The van der Waals surface area contributed by atoms with Gasteiger partial charge >= 0.3 is 6.03 Å². The molecule has 116 valence electrons. The molecular formula is C14H17N5O2S. The van der Waals surface area contributed by atoms with Crippen LogP contribution in [0, 0.1) is 0 Å². The van der Waals surface area contributed by atoms with Gasteiger partial charge in [-0.1, -0.05) is 19.3 Å². The van der Waals surface area contributed by atoms with E-state index in [0.717, 1.165) is 25.7 Å². The largest absolute Gasteiger partial charge is 0.342 e. The smallest absolute Gasteiger partial charge is 0.333 e. The van der Waals surface area contributed by atoms with Crippen molar-refractivity contribution in [2.75, 3.05) is 5.32 Å². The number of nitrogens with zero attached hydrogens (tertiary/aromatic N) is 3. The Labute approximate surface area is 131 Å². The fourth-order valence-corrected chi connectivity index (χ4v) is 3.02. The molecule has 1 aliphatic rings. The van der Waals surface area contributed by atoms with E-state index < -0.39 is 0 Å². The third-order valence-corrected chi connectivity index (χ3v) is 4.30. The van der Waals surface area contributed by atoms with Crippen molar-refractivity contribution in [1.82, 2.24) is 20.1 Å². The number of nitrogens with one attached hydrogen (secondary N) is 2. The number of carbonyl (C=O) groups excluding carboxylic acids is 2. The van der Waals surface area contributed by atoms with Crippen LogP contribution >= 0.6 is 11.3 Å². The van der Waals surface area contributed by atoms with Crippen LogP contribution in [-0.2, 0) is 0 Å². The molecule has 2 aromatic heterocycles. The van der Waals surface area contributed by atoms with Gasteiger partial charge in [0.05, 0.1) is 0 Å². The average molecular weight is 319 g/mol. The van der Waals surface area contributed by atoms with Crippen LogP contribution in [0.15, 0.2) is 23.8 Å². The van der Waals surface area contributed by atoms with Gasteiger partial charge in [0.2, 0.25) is 0 Å². The molecule has 0 unspecified atom stereocenters. The summed E-state index contributed by atoms with van der Waals surface area (Å²) in [6, 6.07) is 1.43. The summed E-state index contributed by atoms with van der Waals surface area (Å²) in [7, 11) is 0. The highest BCUT2D eigenvalue weighted by molar-refractivity contribution is 7.13. The second kappa shape index (κ2) is 6.69. The van der Waals surface area contributed by atoms with E-state index >= 15 is 0 Å². The lowest BCUT2D eigenvalue weighted by Crippen LogP contribution is -2.39. The fourth-order valence-electron chi connectivity index (χ4n) is 2.49. The van der Waals surface area contributed by atoms with Crippen LogP contribution in [-0.4, -0.2) is 32.7 Å². The monoisotopic (exact) mass is 319 g/mol. The molecule has 2 heterocycles. The Morgan fingerprint density at radius 1 is 1.27 bits per heavy atom. The topological polar surface area (TPSA) is 88.9 Å². The zero-order chi connectivity index (χ0) is 15.4. The van der Waals surface area contributed by atoms with Gasteiger partial charge in [-0.3, -0.25) is 10.1 Å². The van der Waals surface area contributed by atoms with Gasteiger partial charge in [-0.05, 0) is 18.9 Å². The molecule has 2 N–H and O–H groups in total. The number of rotatable bonds is 3. The summed E-state index contributed by atoms with van der Waals surface area (Å²) in [5, 5.41) is 11.9. The summed E-state index contributed by atoms with van der Waals surface area (Å²) in [6.07, 6.45) is 8.63. The van der Waals surface area contributed by atoms with Crippen molar-refractivity contribution in [1.29, 1.82) is 0 Å². The predicted molar refractivity (Wildman–Crippen MR) is 83.1 cm³/mol. The van der Waals surface area contributed by atoms with E-state index in [1.54, 1.807) is 11.6 Å². The molecule has 0 aliphatic heterocycles. The lowest BCUT2D eigenvalue weighted by molar-refractivity contribution is 0.102. The summed E-state index contributed by atoms with van der Waals surface area (Å²) in [5.41, 5.74) is 0.189. The molecule has 1 saturated carbocycles. The minimum atomic E-state index is -0.376. The number of anilines is 1. The van der Waals surface area contributed by atoms with Gasteiger partial charge in [0.15, 0.2) is 10.8 Å². The molecule has 7 nitrogen and oxygen atoms in total. The van der Waals surface area contributed by atoms with E-state index in [-0.39, 0.29) is 23.7 Å². The summed E-state index contributed by atoms with van der Waals surface area (Å²) in [6.45, 7) is 0. The second-order valence-electron chi connectivity index (χ2n) is 5.22. The SMILES string of the molecule is O=C(Nc1nccs1)c1ccn(C(=O)NC2CCCCC2)n1. The number of thiazole rings is 1. The molecule has 2 aromatic rings. The molecule has 1 fully saturated rings. The van der Waals surface area contributed by atoms with Gasteiger partial charge in [-0.25, -0.2) is 9.78 Å². The molecule has 8 heteroatoms. The standard InChI is InChI=1S/C14H17N5O2S/c20-12(17-13-15-7-9-22-13)11-6-8-19(18-11)14(21)16-10-4-2-1-3-5-10/h6-10H,1-5H2,(H,16,21)(H,15,17,20). The normalized spacial score (nSPS) is 15.5. The van der Waals surface area contributed by atoms with Crippen LogP contribution in [0.3, 0.4) is 0 Å². The summed E-state index contributed by atoms with van der Waals surface area (Å²) in [5.74, 6) is -0.376. The maximum atomic E-state index is 12.1. The van der Waals surface area contributed by atoms with E-state index in [1.165, 1.54) is 34.7 Å². The van der Waals surface area contributed by atoms with Crippen molar-refractivity contribution in [2.24, 2.45) is 0 Å². The summed E-state index contributed by atoms with van der Waals surface area (Å²) >= 11 is 1.33. The molecule has 3 rings (SSSR count). The van der Waals surface area contributed by atoms with E-state index in [1.807, 2.05) is 0 Å². The quantitative estimate of drug-likeness (QED) is 0.909. The zero-order valence-corrected chi connectivity index (χ0v) is 12.8. The first kappa shape index (κ1) is 14.7. The number of hydrogen-bond donors (Lipinski definition) is 2. The molecule has 22 heavy (non-hydrogen) atoms. The number of hydrogen-bond acceptors (Lipinski definition) is 5. The lowest BCUT2D eigenvalue weighted by Gasteiger charge is -2.22. The first-order valence-corrected chi connectivity index (χ1v) is 8.18. The van der Waals surface area contributed by atoms with Crippen LogP contribution in [0.4, 0.5) is 9.93 Å². The van der Waals surface area contributed by atoms with Gasteiger partial charge in [-0.2, -0.15) is 9.78 Å². The Kier molecular flexibility index (Phi) is 4.47. The van der Waals surface area contributed by atoms with Gasteiger partial charge < -0.3 is 5.32 Å². The third kappa shape index (κ3) is 3.51. The van der Waals surface area contributed by atoms with Crippen molar-refractivity contribution in [3.63, 3.8) is 0 Å². The molecule has 0 radical (unpaired) electrons. The van der Waals surface area contributed by atoms with E-state index in [9.17, 15) is 9.59 Å². The van der Waals surface area contributed by atoms with Crippen LogP contribution in [0.1, 0.15) is 42.6 Å². The maximum absolute atomic E-state index is 12.1. The molecule has 0 saturated heterocycles. The first-order chi connectivity index (χ1) is 10.7. The van der Waals surface area contributed by atoms with Gasteiger partial charge in [0.25, 0.3) is 5.91 Å². The Morgan fingerprint density at radius 2 is 2.09 bits per heavy atom. The van der Waals surface area contributed by atoms with Crippen LogP contribution in [0.25, 0.3) is 0 Å². The van der Waals surface area contributed by atoms with E-state index in [4.69, 9.17) is 0 Å². The number of carbonyl (C=O) groups is 2. The molecule has 2 amide bonds. The minimum absolute atomic E-state index is 0.189. The van der Waals surface area contributed by atoms with Gasteiger partial charge in [-0.15, -0.1) is 11.3 Å². The van der Waals surface area contributed by atoms with Gasteiger partial charge in [0.1, 0.15) is 0 Å². The van der Waals surface area contributed by atoms with E-state index in [0.29, 0.717) is 5.13 Å². The van der Waals surface area contributed by atoms with Crippen LogP contribution in [0.2, 0.25) is 0 Å². The maximum Gasteiger partial charge on any atom is 0.342 e. The molecule has 1 aliphatic carbocycles. The average Bonchev–Trinajstić information content (AvgIpc) is 3.19. The van der Waals surface area contributed by atoms with Crippen molar-refractivity contribution >= 4 is 28.4 Å². The Balaban J connectivity index is 1.60. The second-order valence-corrected chi connectivity index (χ2v) is 6.12. The lowest BCUT2D eigenvalue weighted by atomic mass is 9.96. The number of aromatic nitrogens is 3. The Bertz CT molecular complexity index is 646. The van der Waals surface area contributed by atoms with Crippen molar-refractivity contribution < 1.29 is 9.59 Å². The van der Waals surface area contributed by atoms with E-state index in [2.05, 4.69) is 20.7 Å². The Morgan fingerprint density at radius 3 is 2.82 bits per heavy atom. The molecule has 0 bridgehead atoms. The highest BCUT2D eigenvalue weighted by Crippen LogP contribution is 2.17. The summed E-state index contributed by atoms with van der Waals surface area (Å²) < 4.78 is 1.17. The molecule has 0 spiro atoms. The summed E-state index contributed by atoms with van der Waals surface area (Å²) in [4.78, 5) is 28.1. The molecule has 0 atom stereocenters. The minimum Gasteiger partial charge on any atom is -0.333 e. The fraction of sp³-hybridized carbons (Fsp3) is 0.429. The predicted octanol–water partition coefficient (Wildman–Crippen LogP) is 2.48. The molecular weight excluding hydrogens is 302 g/mol. The molecule has 0 aromatic carbocycles. The van der Waals surface area contributed by atoms with Crippen molar-refractivity contribution in [2.45, 2.75) is 38.1 Å². The van der Waals surface area contributed by atoms with Crippen LogP contribution < -0.4 is 10.6 Å². The third-order valence-electron chi connectivity index (χ3n) is 3.62. The van der Waals surface area contributed by atoms with Crippen molar-refractivity contribution in [3.05, 3.63) is 29.5 Å². The zero-order valence-electron chi connectivity index (χ0n) is 12.0. The van der Waals surface area contributed by atoms with Gasteiger partial charge in [0, 0.05) is 23.8 Å².